The highest BCUT2D eigenvalue weighted by molar-refractivity contribution is 5.91. The molecular weight excluding hydrogens is 308 g/mol. The van der Waals surface area contributed by atoms with E-state index in [9.17, 15) is 9.59 Å². The van der Waals surface area contributed by atoms with Gasteiger partial charge in [-0.2, -0.15) is 5.10 Å². The lowest BCUT2D eigenvalue weighted by Crippen LogP contribution is -2.18. The number of aromatic nitrogens is 2. The average molecular weight is 330 g/mol. The van der Waals surface area contributed by atoms with Crippen LogP contribution in [-0.2, 0) is 9.53 Å². The molecular formula is C17H22N4O3. The fourth-order valence-electron chi connectivity index (χ4n) is 2.26. The molecule has 7 heteroatoms. The summed E-state index contributed by atoms with van der Waals surface area (Å²) >= 11 is 0. The topological polar surface area (TPSA) is 85.2 Å². The Morgan fingerprint density at radius 3 is 2.83 bits per heavy atom. The molecule has 0 fully saturated rings. The highest BCUT2D eigenvalue weighted by Gasteiger charge is 2.16. The fraction of sp³-hybridized carbons (Fsp3) is 0.353. The maximum absolute atomic E-state index is 11.9. The number of anilines is 1. The van der Waals surface area contributed by atoms with Crippen LogP contribution in [0, 0.1) is 6.92 Å². The number of rotatable bonds is 7. The van der Waals surface area contributed by atoms with Crippen molar-refractivity contribution in [2.45, 2.75) is 20.3 Å². The van der Waals surface area contributed by atoms with Crippen LogP contribution in [0.15, 0.2) is 30.5 Å². The molecule has 0 saturated heterocycles. The summed E-state index contributed by atoms with van der Waals surface area (Å²) in [6, 6.07) is 7.31. The number of nitrogens with one attached hydrogen (secondary N) is 2. The van der Waals surface area contributed by atoms with Crippen molar-refractivity contribution in [3.8, 4) is 5.69 Å². The van der Waals surface area contributed by atoms with Gasteiger partial charge in [-0.25, -0.2) is 9.48 Å². The van der Waals surface area contributed by atoms with E-state index in [1.54, 1.807) is 25.6 Å². The second-order valence-electron chi connectivity index (χ2n) is 5.23. The van der Waals surface area contributed by atoms with E-state index < -0.39 is 5.97 Å². The van der Waals surface area contributed by atoms with Gasteiger partial charge in [-0.05, 0) is 39.1 Å². The van der Waals surface area contributed by atoms with Crippen molar-refractivity contribution < 1.29 is 14.3 Å². The molecule has 0 aliphatic rings. The van der Waals surface area contributed by atoms with E-state index >= 15 is 0 Å². The van der Waals surface area contributed by atoms with Crippen molar-refractivity contribution in [1.82, 2.24) is 15.1 Å². The smallest absolute Gasteiger partial charge is 0.341 e. The predicted molar refractivity (Wildman–Crippen MR) is 91.4 cm³/mol. The van der Waals surface area contributed by atoms with Gasteiger partial charge in [0.05, 0.1) is 24.2 Å². The van der Waals surface area contributed by atoms with Gasteiger partial charge in [0.1, 0.15) is 5.56 Å². The summed E-state index contributed by atoms with van der Waals surface area (Å²) in [6.07, 6.45) is 1.89. The zero-order chi connectivity index (χ0) is 17.5. The number of carbonyl (C=O) groups is 2. The Morgan fingerprint density at radius 2 is 2.12 bits per heavy atom. The maximum atomic E-state index is 11.9. The molecule has 0 bridgehead atoms. The van der Waals surface area contributed by atoms with E-state index in [0.29, 0.717) is 36.5 Å². The molecule has 0 radical (unpaired) electrons. The van der Waals surface area contributed by atoms with E-state index in [1.807, 2.05) is 24.3 Å². The van der Waals surface area contributed by atoms with Gasteiger partial charge in [0, 0.05) is 18.7 Å². The highest BCUT2D eigenvalue weighted by atomic mass is 16.5. The lowest BCUT2D eigenvalue weighted by atomic mass is 10.2. The zero-order valence-electron chi connectivity index (χ0n) is 14.1. The quantitative estimate of drug-likeness (QED) is 0.758. The van der Waals surface area contributed by atoms with Gasteiger partial charge in [-0.15, -0.1) is 0 Å². The van der Waals surface area contributed by atoms with Crippen LogP contribution in [0.3, 0.4) is 0 Å². The fourth-order valence-corrected chi connectivity index (χ4v) is 2.26. The minimum atomic E-state index is -0.391. The molecule has 0 saturated carbocycles. The normalized spacial score (nSPS) is 10.5. The van der Waals surface area contributed by atoms with E-state index in [1.165, 1.54) is 6.20 Å². The summed E-state index contributed by atoms with van der Waals surface area (Å²) in [5.74, 6) is -0.455. The largest absolute Gasteiger partial charge is 0.462 e. The molecule has 1 heterocycles. The van der Waals surface area contributed by atoms with Crippen molar-refractivity contribution in [2.24, 2.45) is 0 Å². The summed E-state index contributed by atoms with van der Waals surface area (Å²) in [7, 11) is 1.80. The minimum Gasteiger partial charge on any atom is -0.462 e. The molecule has 2 rings (SSSR count). The van der Waals surface area contributed by atoms with Crippen LogP contribution in [0.25, 0.3) is 5.69 Å². The lowest BCUT2D eigenvalue weighted by molar-refractivity contribution is -0.116. The van der Waals surface area contributed by atoms with Gasteiger partial charge in [-0.3, -0.25) is 4.79 Å². The standard InChI is InChI=1S/C17H22N4O3/c1-4-24-17(23)15-11-19-21(12(15)2)14-7-5-6-13(10-14)20-16(22)8-9-18-3/h5-7,10-11,18H,4,8-9H2,1-3H3,(H,20,22). The minimum absolute atomic E-state index is 0.0640. The summed E-state index contributed by atoms with van der Waals surface area (Å²) < 4.78 is 6.66. The van der Waals surface area contributed by atoms with Gasteiger partial charge in [-0.1, -0.05) is 6.07 Å². The first kappa shape index (κ1) is 17.7. The van der Waals surface area contributed by atoms with E-state index in [0.717, 1.165) is 5.69 Å². The predicted octanol–water partition coefficient (Wildman–Crippen LogP) is 1.91. The van der Waals surface area contributed by atoms with Crippen LogP contribution >= 0.6 is 0 Å². The number of benzene rings is 1. The summed E-state index contributed by atoms with van der Waals surface area (Å²) in [4.78, 5) is 23.7. The molecule has 0 spiro atoms. The number of ether oxygens (including phenoxy) is 1. The monoisotopic (exact) mass is 330 g/mol. The number of hydrogen-bond acceptors (Lipinski definition) is 5. The zero-order valence-corrected chi connectivity index (χ0v) is 14.1. The lowest BCUT2D eigenvalue weighted by Gasteiger charge is -2.09. The van der Waals surface area contributed by atoms with Crippen molar-refractivity contribution >= 4 is 17.6 Å². The van der Waals surface area contributed by atoms with Crippen LogP contribution in [0.5, 0.6) is 0 Å². The van der Waals surface area contributed by atoms with Crippen LogP contribution in [0.4, 0.5) is 5.69 Å². The van der Waals surface area contributed by atoms with E-state index in [-0.39, 0.29) is 5.91 Å². The third-order valence-electron chi connectivity index (χ3n) is 3.48. The molecule has 24 heavy (non-hydrogen) atoms. The number of amides is 1. The maximum Gasteiger partial charge on any atom is 0.341 e. The number of esters is 1. The molecule has 0 unspecified atom stereocenters. The third-order valence-corrected chi connectivity index (χ3v) is 3.48. The number of carbonyl (C=O) groups excluding carboxylic acids is 2. The Balaban J connectivity index is 2.20. The Labute approximate surface area is 141 Å². The summed E-state index contributed by atoms with van der Waals surface area (Å²) in [6.45, 7) is 4.50. The van der Waals surface area contributed by atoms with Gasteiger partial charge in [0.2, 0.25) is 5.91 Å². The van der Waals surface area contributed by atoms with Gasteiger partial charge >= 0.3 is 5.97 Å². The van der Waals surface area contributed by atoms with Gasteiger partial charge in [0.25, 0.3) is 0 Å². The second-order valence-corrected chi connectivity index (χ2v) is 5.23. The highest BCUT2D eigenvalue weighted by Crippen LogP contribution is 2.18. The van der Waals surface area contributed by atoms with Crippen LogP contribution < -0.4 is 10.6 Å². The third kappa shape index (κ3) is 4.20. The van der Waals surface area contributed by atoms with Crippen molar-refractivity contribution in [2.75, 3.05) is 25.5 Å². The first-order chi connectivity index (χ1) is 11.6. The van der Waals surface area contributed by atoms with Crippen LogP contribution in [0.2, 0.25) is 0 Å². The number of nitrogens with zero attached hydrogens (tertiary/aromatic N) is 2. The molecule has 1 amide bonds. The molecule has 128 valence electrons. The van der Waals surface area contributed by atoms with Crippen molar-refractivity contribution in [3.63, 3.8) is 0 Å². The average Bonchev–Trinajstić information content (AvgIpc) is 2.95. The van der Waals surface area contributed by atoms with Gasteiger partial charge < -0.3 is 15.4 Å². The SMILES string of the molecule is CCOC(=O)c1cnn(-c2cccc(NC(=O)CCNC)c2)c1C. The van der Waals surface area contributed by atoms with Crippen molar-refractivity contribution in [3.05, 3.63) is 41.7 Å². The second kappa shape index (κ2) is 8.26. The Morgan fingerprint density at radius 1 is 1.33 bits per heavy atom. The number of hydrogen-bond donors (Lipinski definition) is 2. The Kier molecular flexibility index (Phi) is 6.08. The molecule has 2 N–H and O–H groups in total. The van der Waals surface area contributed by atoms with E-state index in [2.05, 4.69) is 15.7 Å². The van der Waals surface area contributed by atoms with Gasteiger partial charge in [0.15, 0.2) is 0 Å². The van der Waals surface area contributed by atoms with E-state index in [4.69, 9.17) is 4.74 Å². The first-order valence-electron chi connectivity index (χ1n) is 7.83. The van der Waals surface area contributed by atoms with Crippen LogP contribution in [0.1, 0.15) is 29.4 Å². The molecule has 7 nitrogen and oxygen atoms in total. The van der Waals surface area contributed by atoms with Crippen molar-refractivity contribution in [1.29, 1.82) is 0 Å². The molecule has 2 aromatic rings. The van der Waals surface area contributed by atoms with Crippen LogP contribution in [-0.4, -0.2) is 41.9 Å². The summed E-state index contributed by atoms with van der Waals surface area (Å²) in [5.41, 5.74) is 2.56. The Bertz CT molecular complexity index is 724. The first-order valence-corrected chi connectivity index (χ1v) is 7.83. The molecule has 0 aliphatic heterocycles. The summed E-state index contributed by atoms with van der Waals surface area (Å²) in [5, 5.41) is 10.0. The molecule has 1 aromatic heterocycles. The molecule has 0 atom stereocenters. The molecule has 0 aliphatic carbocycles. The molecule has 1 aromatic carbocycles. The Hall–Kier alpha value is -2.67.